The predicted octanol–water partition coefficient (Wildman–Crippen LogP) is 2.36. The number of amides is 1. The number of nitrogens with zero attached hydrogens (tertiary/aromatic N) is 1. The van der Waals surface area contributed by atoms with E-state index in [4.69, 9.17) is 4.74 Å². The Bertz CT molecular complexity index is 675. The minimum Gasteiger partial charge on any atom is -0.466 e. The fourth-order valence-electron chi connectivity index (χ4n) is 4.08. The van der Waals surface area contributed by atoms with Crippen molar-refractivity contribution in [2.24, 2.45) is 17.8 Å². The molecule has 1 N–H and O–H groups in total. The van der Waals surface area contributed by atoms with Crippen molar-refractivity contribution in [1.82, 2.24) is 5.32 Å². The van der Waals surface area contributed by atoms with Gasteiger partial charge in [-0.2, -0.15) is 0 Å². The third kappa shape index (κ3) is 2.74. The van der Waals surface area contributed by atoms with Gasteiger partial charge in [0.05, 0.1) is 29.1 Å². The number of rotatable bonds is 4. The van der Waals surface area contributed by atoms with Crippen LogP contribution in [0, 0.1) is 27.9 Å². The SMILES string of the molecule is CCOC(=O)[C@@H]1[C@H]2CCC[C@@H]2C(=O)N[C@@H]1c1ccccc1[N+](=O)[O-]. The summed E-state index contributed by atoms with van der Waals surface area (Å²) in [7, 11) is 0. The Morgan fingerprint density at radius 1 is 1.38 bits per heavy atom. The predicted molar refractivity (Wildman–Crippen MR) is 84.9 cm³/mol. The van der Waals surface area contributed by atoms with Crippen molar-refractivity contribution in [2.45, 2.75) is 32.2 Å². The first-order valence-electron chi connectivity index (χ1n) is 8.25. The molecule has 1 aromatic rings. The van der Waals surface area contributed by atoms with Crippen molar-refractivity contribution < 1.29 is 19.2 Å². The van der Waals surface area contributed by atoms with Crippen LogP contribution >= 0.6 is 0 Å². The van der Waals surface area contributed by atoms with E-state index in [-0.39, 0.29) is 30.0 Å². The lowest BCUT2D eigenvalue weighted by atomic mass is 9.73. The van der Waals surface area contributed by atoms with Crippen LogP contribution in [0.2, 0.25) is 0 Å². The van der Waals surface area contributed by atoms with E-state index in [9.17, 15) is 19.7 Å². The molecule has 1 heterocycles. The van der Waals surface area contributed by atoms with E-state index in [1.165, 1.54) is 6.07 Å². The molecule has 0 unspecified atom stereocenters. The van der Waals surface area contributed by atoms with Crippen molar-refractivity contribution in [2.75, 3.05) is 6.61 Å². The summed E-state index contributed by atoms with van der Waals surface area (Å²) >= 11 is 0. The molecule has 7 heteroatoms. The maximum absolute atomic E-state index is 12.6. The highest BCUT2D eigenvalue weighted by Gasteiger charge is 2.51. The molecule has 0 aromatic heterocycles. The molecule has 7 nitrogen and oxygen atoms in total. The molecule has 1 saturated heterocycles. The quantitative estimate of drug-likeness (QED) is 0.518. The number of hydrogen-bond donors (Lipinski definition) is 1. The van der Waals surface area contributed by atoms with Gasteiger partial charge in [0.2, 0.25) is 5.91 Å². The molecule has 2 fully saturated rings. The second-order valence-electron chi connectivity index (χ2n) is 6.28. The molecule has 24 heavy (non-hydrogen) atoms. The smallest absolute Gasteiger partial charge is 0.311 e. The summed E-state index contributed by atoms with van der Waals surface area (Å²) in [5.74, 6) is -1.43. The highest BCUT2D eigenvalue weighted by molar-refractivity contribution is 5.85. The standard InChI is InChI=1S/C17H20N2O5/c1-2-24-17(21)14-10-7-5-8-11(10)16(20)18-15(14)12-6-3-4-9-13(12)19(22)23/h3-4,6,9-11,14-15H,2,5,7-8H2,1H3,(H,18,20)/t10-,11-,14+,15+/m0/s1. The van der Waals surface area contributed by atoms with Gasteiger partial charge in [0.1, 0.15) is 0 Å². The molecule has 3 rings (SSSR count). The molecule has 0 bridgehead atoms. The highest BCUT2D eigenvalue weighted by Crippen LogP contribution is 2.47. The Hall–Kier alpha value is -2.44. The first-order chi connectivity index (χ1) is 11.5. The fraction of sp³-hybridized carbons (Fsp3) is 0.529. The minimum atomic E-state index is -0.725. The molecule has 4 atom stereocenters. The number of nitrogens with one attached hydrogen (secondary N) is 1. The Balaban J connectivity index is 2.05. The van der Waals surface area contributed by atoms with E-state index >= 15 is 0 Å². The third-order valence-electron chi connectivity index (χ3n) is 5.05. The lowest BCUT2D eigenvalue weighted by molar-refractivity contribution is -0.385. The lowest BCUT2D eigenvalue weighted by Gasteiger charge is -2.38. The molecule has 1 aliphatic carbocycles. The number of esters is 1. The number of para-hydroxylation sites is 1. The van der Waals surface area contributed by atoms with Crippen LogP contribution in [0.3, 0.4) is 0 Å². The van der Waals surface area contributed by atoms with Crippen molar-refractivity contribution in [1.29, 1.82) is 0 Å². The molecule has 1 aromatic carbocycles. The Morgan fingerprint density at radius 2 is 2.12 bits per heavy atom. The van der Waals surface area contributed by atoms with Crippen LogP contribution in [-0.4, -0.2) is 23.4 Å². The summed E-state index contributed by atoms with van der Waals surface area (Å²) < 4.78 is 5.22. The summed E-state index contributed by atoms with van der Waals surface area (Å²) in [6, 6.07) is 5.52. The van der Waals surface area contributed by atoms with E-state index in [1.807, 2.05) is 0 Å². The number of hydrogen-bond acceptors (Lipinski definition) is 5. The van der Waals surface area contributed by atoms with Crippen molar-refractivity contribution in [3.8, 4) is 0 Å². The van der Waals surface area contributed by atoms with E-state index in [0.29, 0.717) is 5.56 Å². The van der Waals surface area contributed by atoms with Crippen molar-refractivity contribution in [3.63, 3.8) is 0 Å². The van der Waals surface area contributed by atoms with Gasteiger partial charge >= 0.3 is 5.97 Å². The summed E-state index contributed by atoms with van der Waals surface area (Å²) in [6.07, 6.45) is 2.39. The number of ether oxygens (including phenoxy) is 1. The van der Waals surface area contributed by atoms with E-state index in [0.717, 1.165) is 19.3 Å². The van der Waals surface area contributed by atoms with Gasteiger partial charge in [-0.15, -0.1) is 0 Å². The molecule has 128 valence electrons. The second-order valence-corrected chi connectivity index (χ2v) is 6.28. The topological polar surface area (TPSA) is 98.5 Å². The number of nitro benzene ring substituents is 1. The van der Waals surface area contributed by atoms with Crippen LogP contribution in [0.5, 0.6) is 0 Å². The van der Waals surface area contributed by atoms with Crippen LogP contribution < -0.4 is 5.32 Å². The van der Waals surface area contributed by atoms with Gasteiger partial charge < -0.3 is 10.1 Å². The average molecular weight is 332 g/mol. The molecule has 0 radical (unpaired) electrons. The minimum absolute atomic E-state index is 0.0893. The molecule has 1 saturated carbocycles. The Labute approximate surface area is 139 Å². The second kappa shape index (κ2) is 6.59. The normalized spacial score (nSPS) is 28.8. The van der Waals surface area contributed by atoms with Crippen LogP contribution in [0.4, 0.5) is 5.69 Å². The number of benzene rings is 1. The van der Waals surface area contributed by atoms with Crippen LogP contribution in [0.1, 0.15) is 37.8 Å². The van der Waals surface area contributed by atoms with Gasteiger partial charge in [0, 0.05) is 12.0 Å². The monoisotopic (exact) mass is 332 g/mol. The number of carbonyl (C=O) groups is 2. The summed E-state index contributed by atoms with van der Waals surface area (Å²) in [5, 5.41) is 14.2. The lowest BCUT2D eigenvalue weighted by Crippen LogP contribution is -2.51. The van der Waals surface area contributed by atoms with Gasteiger partial charge in [-0.3, -0.25) is 19.7 Å². The van der Waals surface area contributed by atoms with Crippen molar-refractivity contribution in [3.05, 3.63) is 39.9 Å². The van der Waals surface area contributed by atoms with Crippen LogP contribution in [0.25, 0.3) is 0 Å². The fourth-order valence-corrected chi connectivity index (χ4v) is 4.08. The average Bonchev–Trinajstić information content (AvgIpc) is 3.04. The van der Waals surface area contributed by atoms with Crippen LogP contribution in [0.15, 0.2) is 24.3 Å². The number of piperidine rings is 1. The molecular formula is C17H20N2O5. The van der Waals surface area contributed by atoms with E-state index in [1.54, 1.807) is 25.1 Å². The zero-order chi connectivity index (χ0) is 17.3. The molecule has 2 aliphatic rings. The van der Waals surface area contributed by atoms with Gasteiger partial charge in [-0.05, 0) is 25.7 Å². The highest BCUT2D eigenvalue weighted by atomic mass is 16.6. The summed E-state index contributed by atoms with van der Waals surface area (Å²) in [5.41, 5.74) is 0.271. The van der Waals surface area contributed by atoms with Gasteiger partial charge in [0.15, 0.2) is 0 Å². The third-order valence-corrected chi connectivity index (χ3v) is 5.05. The Morgan fingerprint density at radius 3 is 2.83 bits per heavy atom. The van der Waals surface area contributed by atoms with Gasteiger partial charge in [-0.1, -0.05) is 24.6 Å². The van der Waals surface area contributed by atoms with Crippen LogP contribution in [-0.2, 0) is 14.3 Å². The number of fused-ring (bicyclic) bond motifs is 1. The van der Waals surface area contributed by atoms with E-state index < -0.39 is 22.9 Å². The Kier molecular flexibility index (Phi) is 4.51. The first-order valence-corrected chi connectivity index (χ1v) is 8.25. The largest absolute Gasteiger partial charge is 0.466 e. The first kappa shape index (κ1) is 16.4. The zero-order valence-corrected chi connectivity index (χ0v) is 13.4. The molecule has 0 spiro atoms. The zero-order valence-electron chi connectivity index (χ0n) is 13.4. The van der Waals surface area contributed by atoms with E-state index in [2.05, 4.69) is 5.32 Å². The van der Waals surface area contributed by atoms with Gasteiger partial charge in [0.25, 0.3) is 5.69 Å². The molecular weight excluding hydrogens is 312 g/mol. The number of carbonyl (C=O) groups excluding carboxylic acids is 2. The summed E-state index contributed by atoms with van der Waals surface area (Å²) in [6.45, 7) is 1.97. The summed E-state index contributed by atoms with van der Waals surface area (Å²) in [4.78, 5) is 35.9. The maximum Gasteiger partial charge on any atom is 0.311 e. The molecule has 1 amide bonds. The number of nitro groups is 1. The van der Waals surface area contributed by atoms with Crippen molar-refractivity contribution >= 4 is 17.6 Å². The maximum atomic E-state index is 12.6. The molecule has 1 aliphatic heterocycles. The van der Waals surface area contributed by atoms with Gasteiger partial charge in [-0.25, -0.2) is 0 Å².